The van der Waals surface area contributed by atoms with E-state index >= 15 is 0 Å². The summed E-state index contributed by atoms with van der Waals surface area (Å²) in [5.74, 6) is -0.786. The molecule has 198 valence electrons. The molecule has 2 aromatic rings. The second-order valence-corrected chi connectivity index (χ2v) is 10.5. The minimum Gasteiger partial charge on any atom is -0.355 e. The Morgan fingerprint density at radius 3 is 2.36 bits per heavy atom. The normalized spacial score (nSPS) is 12.6. The van der Waals surface area contributed by atoms with Crippen molar-refractivity contribution in [2.24, 2.45) is 0 Å². The number of rotatable bonds is 11. The second kappa shape index (κ2) is 12.4. The summed E-state index contributed by atoms with van der Waals surface area (Å²) in [7, 11) is -3.93. The van der Waals surface area contributed by atoms with Crippen molar-refractivity contribution in [2.45, 2.75) is 45.5 Å². The number of carbonyl (C=O) groups excluding carboxylic acids is 2. The fraction of sp³-hybridized carbons (Fsp3) is 0.417. The molecule has 0 unspecified atom stereocenters. The van der Waals surface area contributed by atoms with Crippen LogP contribution in [0.15, 0.2) is 48.5 Å². The smallest absolute Gasteiger partial charge is 0.355 e. The number of hydrogen-bond donors (Lipinski definition) is 1. The molecule has 12 heteroatoms. The van der Waals surface area contributed by atoms with Crippen LogP contribution in [-0.2, 0) is 32.3 Å². The summed E-state index contributed by atoms with van der Waals surface area (Å²) in [6.45, 7) is 3.53. The third-order valence-corrected chi connectivity index (χ3v) is 6.99. The largest absolute Gasteiger partial charge is 0.416 e. The molecule has 0 fully saturated rings. The van der Waals surface area contributed by atoms with Crippen LogP contribution in [0.1, 0.15) is 37.8 Å². The van der Waals surface area contributed by atoms with E-state index in [2.05, 4.69) is 5.32 Å². The maximum Gasteiger partial charge on any atom is 0.416 e. The summed E-state index contributed by atoms with van der Waals surface area (Å²) >= 11 is 6.24. The second-order valence-electron chi connectivity index (χ2n) is 8.17. The van der Waals surface area contributed by atoms with E-state index in [0.29, 0.717) is 17.1 Å². The lowest BCUT2D eigenvalue weighted by molar-refractivity contribution is -0.140. The average molecular weight is 548 g/mol. The number of alkyl halides is 3. The van der Waals surface area contributed by atoms with Crippen molar-refractivity contribution in [2.75, 3.05) is 23.7 Å². The molecule has 0 heterocycles. The minimum absolute atomic E-state index is 0.0172. The van der Waals surface area contributed by atoms with Crippen molar-refractivity contribution in [3.8, 4) is 0 Å². The van der Waals surface area contributed by atoms with Gasteiger partial charge in [0.15, 0.2) is 0 Å². The number of hydrogen-bond acceptors (Lipinski definition) is 4. The molecule has 1 N–H and O–H groups in total. The van der Waals surface area contributed by atoms with E-state index in [0.717, 1.165) is 28.8 Å². The van der Waals surface area contributed by atoms with E-state index in [9.17, 15) is 31.2 Å². The van der Waals surface area contributed by atoms with Crippen LogP contribution in [0.3, 0.4) is 0 Å². The van der Waals surface area contributed by atoms with Crippen LogP contribution < -0.4 is 9.62 Å². The molecule has 36 heavy (non-hydrogen) atoms. The highest BCUT2D eigenvalue weighted by Crippen LogP contribution is 2.32. The maximum atomic E-state index is 13.1. The summed E-state index contributed by atoms with van der Waals surface area (Å²) in [5.41, 5.74) is -0.500. The Hall–Kier alpha value is -2.79. The Kier molecular flexibility index (Phi) is 10.2. The first kappa shape index (κ1) is 29.4. The summed E-state index contributed by atoms with van der Waals surface area (Å²) in [6, 6.07) is 10.0. The lowest BCUT2D eigenvalue weighted by Gasteiger charge is -2.29. The van der Waals surface area contributed by atoms with E-state index < -0.39 is 33.7 Å². The molecule has 2 amide bonds. The molecule has 1 atom stereocenters. The number of likely N-dealkylation sites (N-methyl/N-ethyl adjacent to an activating group) is 1. The van der Waals surface area contributed by atoms with E-state index in [-0.39, 0.29) is 37.5 Å². The van der Waals surface area contributed by atoms with Crippen molar-refractivity contribution >= 4 is 39.1 Å². The summed E-state index contributed by atoms with van der Waals surface area (Å²) in [5, 5.41) is 3.09. The number of benzene rings is 2. The Bertz CT molecular complexity index is 1180. The number of carbonyl (C=O) groups is 2. The Morgan fingerprint density at radius 2 is 1.78 bits per heavy atom. The topological polar surface area (TPSA) is 86.8 Å². The summed E-state index contributed by atoms with van der Waals surface area (Å²) < 4.78 is 64.9. The quantitative estimate of drug-likeness (QED) is 0.450. The third-order valence-electron chi connectivity index (χ3n) is 5.43. The van der Waals surface area contributed by atoms with Gasteiger partial charge < -0.3 is 10.2 Å². The van der Waals surface area contributed by atoms with Crippen LogP contribution in [-0.4, -0.2) is 50.5 Å². The zero-order valence-electron chi connectivity index (χ0n) is 20.2. The van der Waals surface area contributed by atoms with Crippen molar-refractivity contribution in [1.29, 1.82) is 0 Å². The van der Waals surface area contributed by atoms with Gasteiger partial charge in [-0.1, -0.05) is 35.9 Å². The molecule has 0 aliphatic rings. The Labute approximate surface area is 214 Å². The SMILES string of the molecule is CCNC(=O)[C@H](C)N(Cc1ccccc1Cl)C(=O)CCCN(c1cccc(C(F)(F)F)c1)S(C)(=O)=O. The van der Waals surface area contributed by atoms with Crippen LogP contribution in [0.4, 0.5) is 18.9 Å². The molecule has 0 aliphatic carbocycles. The van der Waals surface area contributed by atoms with Crippen molar-refractivity contribution in [1.82, 2.24) is 10.2 Å². The summed E-state index contributed by atoms with van der Waals surface area (Å²) in [6.07, 6.45) is -3.87. The molecule has 0 aromatic heterocycles. The molecule has 0 radical (unpaired) electrons. The fourth-order valence-electron chi connectivity index (χ4n) is 3.56. The number of sulfonamides is 1. The van der Waals surface area contributed by atoms with Crippen molar-refractivity contribution < 1.29 is 31.2 Å². The zero-order chi connectivity index (χ0) is 27.1. The number of anilines is 1. The van der Waals surface area contributed by atoms with Crippen LogP contribution >= 0.6 is 11.6 Å². The third kappa shape index (κ3) is 8.12. The zero-order valence-corrected chi connectivity index (χ0v) is 21.8. The molecule has 2 aromatic carbocycles. The molecule has 0 saturated carbocycles. The van der Waals surface area contributed by atoms with Crippen LogP contribution in [0, 0.1) is 0 Å². The van der Waals surface area contributed by atoms with Gasteiger partial charge in [-0.3, -0.25) is 13.9 Å². The molecular weight excluding hydrogens is 519 g/mol. The Morgan fingerprint density at radius 1 is 1.11 bits per heavy atom. The van der Waals surface area contributed by atoms with Gasteiger partial charge in [0, 0.05) is 31.1 Å². The highest BCUT2D eigenvalue weighted by molar-refractivity contribution is 7.92. The summed E-state index contributed by atoms with van der Waals surface area (Å²) in [4.78, 5) is 27.0. The van der Waals surface area contributed by atoms with Crippen LogP contribution in [0.2, 0.25) is 5.02 Å². The fourth-order valence-corrected chi connectivity index (χ4v) is 4.71. The number of amides is 2. The van der Waals surface area contributed by atoms with Crippen molar-refractivity contribution in [3.05, 3.63) is 64.7 Å². The van der Waals surface area contributed by atoms with E-state index in [4.69, 9.17) is 11.6 Å². The lowest BCUT2D eigenvalue weighted by Crippen LogP contribution is -2.47. The predicted molar refractivity (Wildman–Crippen MR) is 133 cm³/mol. The first-order valence-electron chi connectivity index (χ1n) is 11.2. The molecular formula is C24H29ClF3N3O4S. The van der Waals surface area contributed by atoms with Gasteiger partial charge in [0.1, 0.15) is 6.04 Å². The number of halogens is 4. The molecule has 0 aliphatic heterocycles. The first-order chi connectivity index (χ1) is 16.8. The van der Waals surface area contributed by atoms with Gasteiger partial charge in [0.25, 0.3) is 0 Å². The molecule has 0 saturated heterocycles. The number of nitrogens with one attached hydrogen (secondary N) is 1. The lowest BCUT2D eigenvalue weighted by atomic mass is 10.1. The standard InChI is InChI=1S/C24H29ClF3N3O4S/c1-4-29-23(33)17(2)30(16-18-9-5-6-12-21(18)25)22(32)13-8-14-31(36(3,34)35)20-11-7-10-19(15-20)24(26,27)28/h5-7,9-12,15,17H,4,8,13-14,16H2,1-3H3,(H,29,33)/t17-/m0/s1. The Balaban J connectivity index is 2.21. The highest BCUT2D eigenvalue weighted by atomic mass is 35.5. The van der Waals surface area contributed by atoms with Crippen LogP contribution in [0.25, 0.3) is 0 Å². The van der Waals surface area contributed by atoms with Gasteiger partial charge in [-0.05, 0) is 50.1 Å². The molecule has 0 spiro atoms. The van der Waals surface area contributed by atoms with Gasteiger partial charge >= 0.3 is 6.18 Å². The predicted octanol–water partition coefficient (Wildman–Crippen LogP) is 4.46. The van der Waals surface area contributed by atoms with E-state index in [1.165, 1.54) is 11.0 Å². The number of nitrogens with zero attached hydrogens (tertiary/aromatic N) is 2. The molecule has 2 rings (SSSR count). The minimum atomic E-state index is -4.64. The van der Waals surface area contributed by atoms with E-state index in [1.807, 2.05) is 0 Å². The monoisotopic (exact) mass is 547 g/mol. The van der Waals surface area contributed by atoms with Gasteiger partial charge in [-0.15, -0.1) is 0 Å². The van der Waals surface area contributed by atoms with E-state index in [1.54, 1.807) is 38.1 Å². The highest BCUT2D eigenvalue weighted by Gasteiger charge is 2.32. The molecule has 0 bridgehead atoms. The maximum absolute atomic E-state index is 13.1. The van der Waals surface area contributed by atoms with Gasteiger partial charge in [0.05, 0.1) is 17.5 Å². The van der Waals surface area contributed by atoms with Gasteiger partial charge in [-0.25, -0.2) is 8.42 Å². The van der Waals surface area contributed by atoms with Gasteiger partial charge in [0.2, 0.25) is 21.8 Å². The van der Waals surface area contributed by atoms with Gasteiger partial charge in [-0.2, -0.15) is 13.2 Å². The van der Waals surface area contributed by atoms with Crippen LogP contribution in [0.5, 0.6) is 0 Å². The molecule has 7 nitrogen and oxygen atoms in total. The average Bonchev–Trinajstić information content (AvgIpc) is 2.79. The van der Waals surface area contributed by atoms with Crippen molar-refractivity contribution in [3.63, 3.8) is 0 Å². The first-order valence-corrected chi connectivity index (χ1v) is 13.4.